The van der Waals surface area contributed by atoms with E-state index in [2.05, 4.69) is 11.2 Å². The van der Waals surface area contributed by atoms with E-state index in [1.54, 1.807) is 16.6 Å². The summed E-state index contributed by atoms with van der Waals surface area (Å²) in [6.07, 6.45) is 2.41. The van der Waals surface area contributed by atoms with E-state index >= 15 is 0 Å². The Balaban J connectivity index is 1.76. The molecule has 0 unspecified atom stereocenters. The molecule has 1 aliphatic rings. The zero-order valence-electron chi connectivity index (χ0n) is 16.1. The first-order chi connectivity index (χ1) is 13.3. The molecule has 4 rings (SSSR count). The number of anilines is 1. The van der Waals surface area contributed by atoms with Crippen LogP contribution in [0.1, 0.15) is 39.3 Å². The maximum Gasteiger partial charge on any atom is 0.278 e. The molecule has 28 heavy (non-hydrogen) atoms. The van der Waals surface area contributed by atoms with Crippen molar-refractivity contribution < 1.29 is 13.6 Å². The SMILES string of the molecule is Cc1cc(C)cc(N(C)C(=O)c2nn(-c3ccc(F)c(F)c3)c3c2CCC3)c1. The van der Waals surface area contributed by atoms with Gasteiger partial charge in [0.15, 0.2) is 17.3 Å². The van der Waals surface area contributed by atoms with Crippen LogP contribution in [0.4, 0.5) is 14.5 Å². The minimum absolute atomic E-state index is 0.204. The molecule has 144 valence electrons. The highest BCUT2D eigenvalue weighted by Gasteiger charge is 2.29. The van der Waals surface area contributed by atoms with Crippen molar-refractivity contribution in [3.8, 4) is 5.69 Å². The van der Waals surface area contributed by atoms with E-state index in [1.165, 1.54) is 6.07 Å². The monoisotopic (exact) mass is 381 g/mol. The Morgan fingerprint density at radius 2 is 1.75 bits per heavy atom. The lowest BCUT2D eigenvalue weighted by molar-refractivity contribution is 0.0987. The molecule has 0 saturated heterocycles. The zero-order valence-corrected chi connectivity index (χ0v) is 16.1. The molecule has 6 heteroatoms. The van der Waals surface area contributed by atoms with Crippen molar-refractivity contribution in [2.45, 2.75) is 33.1 Å². The molecule has 1 amide bonds. The first-order valence-electron chi connectivity index (χ1n) is 9.27. The number of carbonyl (C=O) groups is 1. The molecule has 0 saturated carbocycles. The number of aromatic nitrogens is 2. The average Bonchev–Trinajstić information content (AvgIpc) is 3.24. The van der Waals surface area contributed by atoms with Gasteiger partial charge in [-0.25, -0.2) is 13.5 Å². The van der Waals surface area contributed by atoms with Gasteiger partial charge in [0.2, 0.25) is 0 Å². The third-order valence-electron chi connectivity index (χ3n) is 5.18. The van der Waals surface area contributed by atoms with Gasteiger partial charge in [-0.1, -0.05) is 6.07 Å². The van der Waals surface area contributed by atoms with Gasteiger partial charge in [0, 0.05) is 30.1 Å². The molecular formula is C22H21F2N3O. The van der Waals surface area contributed by atoms with Crippen molar-refractivity contribution >= 4 is 11.6 Å². The fraction of sp³-hybridized carbons (Fsp3) is 0.273. The molecule has 1 aromatic heterocycles. The summed E-state index contributed by atoms with van der Waals surface area (Å²) >= 11 is 0. The van der Waals surface area contributed by atoms with Gasteiger partial charge >= 0.3 is 0 Å². The summed E-state index contributed by atoms with van der Waals surface area (Å²) in [7, 11) is 1.73. The minimum atomic E-state index is -0.931. The third-order valence-corrected chi connectivity index (χ3v) is 5.18. The molecule has 0 spiro atoms. The molecular weight excluding hydrogens is 360 g/mol. The number of aryl methyl sites for hydroxylation is 2. The normalized spacial score (nSPS) is 12.9. The molecule has 1 heterocycles. The molecule has 0 atom stereocenters. The van der Waals surface area contributed by atoms with Crippen LogP contribution in [0, 0.1) is 25.5 Å². The van der Waals surface area contributed by atoms with Crippen LogP contribution >= 0.6 is 0 Å². The zero-order chi connectivity index (χ0) is 20.0. The van der Waals surface area contributed by atoms with Gasteiger partial charge in [0.25, 0.3) is 5.91 Å². The molecule has 0 N–H and O–H groups in total. The van der Waals surface area contributed by atoms with E-state index in [-0.39, 0.29) is 5.91 Å². The molecule has 1 aliphatic carbocycles. The van der Waals surface area contributed by atoms with E-state index in [9.17, 15) is 13.6 Å². The Labute approximate surface area is 162 Å². The summed E-state index contributed by atoms with van der Waals surface area (Å²) in [6.45, 7) is 3.98. The van der Waals surface area contributed by atoms with E-state index < -0.39 is 11.6 Å². The summed E-state index contributed by atoms with van der Waals surface area (Å²) in [5.74, 6) is -2.04. The number of hydrogen-bond acceptors (Lipinski definition) is 2. The Hall–Kier alpha value is -3.02. The lowest BCUT2D eigenvalue weighted by Gasteiger charge is -2.18. The summed E-state index contributed by atoms with van der Waals surface area (Å²) < 4.78 is 28.6. The second kappa shape index (κ2) is 6.86. The van der Waals surface area contributed by atoms with Crippen molar-refractivity contribution in [3.63, 3.8) is 0 Å². The number of amides is 1. The van der Waals surface area contributed by atoms with Crippen LogP contribution in [0.3, 0.4) is 0 Å². The van der Waals surface area contributed by atoms with Gasteiger partial charge in [-0.2, -0.15) is 5.10 Å². The smallest absolute Gasteiger partial charge is 0.278 e. The van der Waals surface area contributed by atoms with Gasteiger partial charge in [-0.3, -0.25) is 4.79 Å². The summed E-state index contributed by atoms with van der Waals surface area (Å²) in [5, 5.41) is 4.50. The van der Waals surface area contributed by atoms with Crippen molar-refractivity contribution in [3.05, 3.63) is 76.1 Å². The second-order valence-electron chi connectivity index (χ2n) is 7.35. The molecule has 4 nitrogen and oxygen atoms in total. The van der Waals surface area contributed by atoms with Crippen molar-refractivity contribution in [1.82, 2.24) is 9.78 Å². The number of fused-ring (bicyclic) bond motifs is 1. The standard InChI is InChI=1S/C22H21F2N3O/c1-13-9-14(2)11-16(10-13)26(3)22(28)21-17-5-4-6-20(17)27(25-21)15-7-8-18(23)19(24)12-15/h7-12H,4-6H2,1-3H3. The van der Waals surface area contributed by atoms with Crippen LogP contribution in [0.2, 0.25) is 0 Å². The number of nitrogens with zero attached hydrogens (tertiary/aromatic N) is 3. The summed E-state index contributed by atoms with van der Waals surface area (Å²) in [6, 6.07) is 9.64. The number of rotatable bonds is 3. The van der Waals surface area contributed by atoms with Crippen LogP contribution in [-0.4, -0.2) is 22.7 Å². The number of carbonyl (C=O) groups excluding carboxylic acids is 1. The Morgan fingerprint density at radius 3 is 2.43 bits per heavy atom. The predicted octanol–water partition coefficient (Wildman–Crippen LogP) is 4.53. The lowest BCUT2D eigenvalue weighted by atomic mass is 10.1. The van der Waals surface area contributed by atoms with Crippen LogP contribution in [0.15, 0.2) is 36.4 Å². The maximum absolute atomic E-state index is 13.7. The Morgan fingerprint density at radius 1 is 1.04 bits per heavy atom. The first kappa shape index (κ1) is 18.3. The summed E-state index contributed by atoms with van der Waals surface area (Å²) in [5.41, 5.74) is 5.54. The van der Waals surface area contributed by atoms with Crippen LogP contribution in [0.25, 0.3) is 5.69 Å². The lowest BCUT2D eigenvalue weighted by Crippen LogP contribution is -2.27. The van der Waals surface area contributed by atoms with Gasteiger partial charge in [0.05, 0.1) is 5.69 Å². The van der Waals surface area contributed by atoms with Crippen LogP contribution in [0.5, 0.6) is 0 Å². The van der Waals surface area contributed by atoms with Gasteiger partial charge in [0.1, 0.15) is 0 Å². The fourth-order valence-electron chi connectivity index (χ4n) is 3.86. The molecule has 0 fully saturated rings. The van der Waals surface area contributed by atoms with E-state index in [4.69, 9.17) is 0 Å². The molecule has 0 aliphatic heterocycles. The summed E-state index contributed by atoms with van der Waals surface area (Å²) in [4.78, 5) is 14.8. The molecule has 3 aromatic rings. The van der Waals surface area contributed by atoms with Crippen LogP contribution < -0.4 is 4.90 Å². The second-order valence-corrected chi connectivity index (χ2v) is 7.35. The number of hydrogen-bond donors (Lipinski definition) is 0. The van der Waals surface area contributed by atoms with Crippen molar-refractivity contribution in [1.29, 1.82) is 0 Å². The maximum atomic E-state index is 13.7. The topological polar surface area (TPSA) is 38.1 Å². The quantitative estimate of drug-likeness (QED) is 0.668. The largest absolute Gasteiger partial charge is 0.310 e. The average molecular weight is 381 g/mol. The molecule has 2 aromatic carbocycles. The Kier molecular flexibility index (Phi) is 4.49. The minimum Gasteiger partial charge on any atom is -0.310 e. The van der Waals surface area contributed by atoms with Gasteiger partial charge in [-0.05, 0) is 68.5 Å². The van der Waals surface area contributed by atoms with Crippen molar-refractivity contribution in [2.24, 2.45) is 0 Å². The predicted molar refractivity (Wildman–Crippen MR) is 104 cm³/mol. The highest BCUT2D eigenvalue weighted by Crippen LogP contribution is 2.30. The third kappa shape index (κ3) is 3.09. The fourth-order valence-corrected chi connectivity index (χ4v) is 3.86. The van der Waals surface area contributed by atoms with Crippen LogP contribution in [-0.2, 0) is 12.8 Å². The highest BCUT2D eigenvalue weighted by molar-refractivity contribution is 6.05. The van der Waals surface area contributed by atoms with Crippen molar-refractivity contribution in [2.75, 3.05) is 11.9 Å². The number of benzene rings is 2. The Bertz CT molecular complexity index is 1070. The molecule has 0 bridgehead atoms. The number of halogens is 2. The highest BCUT2D eigenvalue weighted by atomic mass is 19.2. The molecule has 0 radical (unpaired) electrons. The van der Waals surface area contributed by atoms with Gasteiger partial charge < -0.3 is 4.90 Å². The van der Waals surface area contributed by atoms with E-state index in [1.807, 2.05) is 26.0 Å². The van der Waals surface area contributed by atoms with E-state index in [0.29, 0.717) is 11.4 Å². The van der Waals surface area contributed by atoms with Gasteiger partial charge in [-0.15, -0.1) is 0 Å². The van der Waals surface area contributed by atoms with E-state index in [0.717, 1.165) is 59.5 Å². The first-order valence-corrected chi connectivity index (χ1v) is 9.27.